The highest BCUT2D eigenvalue weighted by atomic mass is 15.1. The van der Waals surface area contributed by atoms with Crippen molar-refractivity contribution < 1.29 is 0 Å². The Morgan fingerprint density at radius 1 is 1.40 bits per heavy atom. The maximum atomic E-state index is 7.07. The molecule has 0 radical (unpaired) electrons. The lowest BCUT2D eigenvalue weighted by Crippen LogP contribution is -2.19. The Balaban J connectivity index is 3.88. The summed E-state index contributed by atoms with van der Waals surface area (Å²) in [7, 11) is 4.13. The van der Waals surface area contributed by atoms with E-state index in [0.717, 1.165) is 25.2 Å². The second-order valence-corrected chi connectivity index (χ2v) is 5.00. The lowest BCUT2D eigenvalue weighted by Gasteiger charge is -2.18. The average Bonchev–Trinajstić information content (AvgIpc) is 2.08. The molecular formula is C11H24N4. The summed E-state index contributed by atoms with van der Waals surface area (Å²) in [6.07, 6.45) is 2.95. The molecule has 0 aliphatic heterocycles. The summed E-state index contributed by atoms with van der Waals surface area (Å²) < 4.78 is 0. The number of rotatable bonds is 6. The van der Waals surface area contributed by atoms with E-state index in [0.29, 0.717) is 0 Å². The molecule has 0 saturated heterocycles. The van der Waals surface area contributed by atoms with Gasteiger partial charge >= 0.3 is 0 Å². The fraction of sp³-hybridized carbons (Fsp3) is 0.818. The summed E-state index contributed by atoms with van der Waals surface area (Å²) in [4.78, 5) is 2.16. The van der Waals surface area contributed by atoms with Crippen LogP contribution in [0.3, 0.4) is 0 Å². The SMILES string of the molecule is CN(C)CCCN/C=C(\N=N)C(C)(C)C. The zero-order chi connectivity index (χ0) is 11.9. The zero-order valence-electron chi connectivity index (χ0n) is 10.6. The van der Waals surface area contributed by atoms with Crippen LogP contribution < -0.4 is 5.32 Å². The molecule has 0 unspecified atom stereocenters. The number of allylic oxidation sites excluding steroid dienone is 1. The van der Waals surface area contributed by atoms with Crippen molar-refractivity contribution >= 4 is 0 Å². The Morgan fingerprint density at radius 2 is 2.00 bits per heavy atom. The first-order valence-corrected chi connectivity index (χ1v) is 5.34. The molecule has 0 bridgehead atoms. The standard InChI is InChI=1S/C11H24N4/c1-11(2,3)10(14-12)9-13-7-6-8-15(4)5/h9,12-13H,6-8H2,1-5H3/b10-9-,14-12?. The summed E-state index contributed by atoms with van der Waals surface area (Å²) in [5.41, 5.74) is 7.80. The monoisotopic (exact) mass is 212 g/mol. The van der Waals surface area contributed by atoms with Gasteiger partial charge < -0.3 is 10.2 Å². The van der Waals surface area contributed by atoms with Crippen LogP contribution in [-0.4, -0.2) is 32.1 Å². The fourth-order valence-electron chi connectivity index (χ4n) is 1.08. The molecule has 0 aliphatic carbocycles. The molecule has 0 aromatic rings. The zero-order valence-corrected chi connectivity index (χ0v) is 10.6. The van der Waals surface area contributed by atoms with E-state index in [1.807, 2.05) is 6.20 Å². The Hall–Kier alpha value is -0.900. The lowest BCUT2D eigenvalue weighted by molar-refractivity contribution is 0.398. The second-order valence-electron chi connectivity index (χ2n) is 5.00. The second kappa shape index (κ2) is 6.56. The molecule has 15 heavy (non-hydrogen) atoms. The molecule has 0 aromatic carbocycles. The van der Waals surface area contributed by atoms with Gasteiger partial charge in [-0.3, -0.25) is 0 Å². The first-order valence-electron chi connectivity index (χ1n) is 5.34. The van der Waals surface area contributed by atoms with Crippen molar-refractivity contribution in [2.24, 2.45) is 10.5 Å². The van der Waals surface area contributed by atoms with Gasteiger partial charge in [0.15, 0.2) is 0 Å². The smallest absolute Gasteiger partial charge is 0.0833 e. The topological polar surface area (TPSA) is 51.5 Å². The quantitative estimate of drug-likeness (QED) is 0.525. The van der Waals surface area contributed by atoms with Crippen molar-refractivity contribution in [3.8, 4) is 0 Å². The van der Waals surface area contributed by atoms with E-state index < -0.39 is 0 Å². The third kappa shape index (κ3) is 7.08. The van der Waals surface area contributed by atoms with E-state index in [1.165, 1.54) is 0 Å². The van der Waals surface area contributed by atoms with Gasteiger partial charge in [0.2, 0.25) is 0 Å². The molecule has 4 heteroatoms. The normalized spacial score (nSPS) is 13.1. The van der Waals surface area contributed by atoms with Gasteiger partial charge in [0.05, 0.1) is 5.70 Å². The minimum Gasteiger partial charge on any atom is -0.389 e. The van der Waals surface area contributed by atoms with Crippen molar-refractivity contribution in [3.63, 3.8) is 0 Å². The maximum absolute atomic E-state index is 7.07. The first kappa shape index (κ1) is 14.1. The summed E-state index contributed by atoms with van der Waals surface area (Å²) >= 11 is 0. The predicted octanol–water partition coefficient (Wildman–Crippen LogP) is 2.45. The van der Waals surface area contributed by atoms with Crippen LogP contribution in [0, 0.1) is 10.9 Å². The molecule has 0 fully saturated rings. The Labute approximate surface area is 93.2 Å². The number of hydrogen-bond acceptors (Lipinski definition) is 4. The number of nitrogens with one attached hydrogen (secondary N) is 2. The Morgan fingerprint density at radius 3 is 2.40 bits per heavy atom. The van der Waals surface area contributed by atoms with Crippen LogP contribution in [-0.2, 0) is 0 Å². The van der Waals surface area contributed by atoms with Gasteiger partial charge in [-0.1, -0.05) is 20.8 Å². The molecule has 0 aromatic heterocycles. The van der Waals surface area contributed by atoms with E-state index in [-0.39, 0.29) is 5.41 Å². The molecule has 0 heterocycles. The third-order valence-electron chi connectivity index (χ3n) is 2.05. The van der Waals surface area contributed by atoms with Crippen LogP contribution in [0.1, 0.15) is 27.2 Å². The van der Waals surface area contributed by atoms with Crippen molar-refractivity contribution in [2.75, 3.05) is 27.2 Å². The van der Waals surface area contributed by atoms with Crippen molar-refractivity contribution in [2.45, 2.75) is 27.2 Å². The average molecular weight is 212 g/mol. The van der Waals surface area contributed by atoms with Gasteiger partial charge in [-0.05, 0) is 27.1 Å². The molecule has 0 amide bonds. The van der Waals surface area contributed by atoms with Crippen LogP contribution in [0.15, 0.2) is 17.0 Å². The van der Waals surface area contributed by atoms with Gasteiger partial charge in [-0.25, -0.2) is 5.53 Å². The molecule has 2 N–H and O–H groups in total. The van der Waals surface area contributed by atoms with E-state index in [2.05, 4.69) is 50.2 Å². The summed E-state index contributed by atoms with van der Waals surface area (Å²) in [6.45, 7) is 8.16. The molecule has 0 rings (SSSR count). The van der Waals surface area contributed by atoms with Crippen LogP contribution in [0.4, 0.5) is 0 Å². The molecule has 0 atom stereocenters. The van der Waals surface area contributed by atoms with Crippen molar-refractivity contribution in [1.82, 2.24) is 10.2 Å². The van der Waals surface area contributed by atoms with E-state index in [1.54, 1.807) is 0 Å². The Kier molecular flexibility index (Phi) is 6.17. The van der Waals surface area contributed by atoms with Crippen molar-refractivity contribution in [3.05, 3.63) is 11.9 Å². The van der Waals surface area contributed by atoms with Gasteiger partial charge in [-0.2, -0.15) is 5.11 Å². The highest BCUT2D eigenvalue weighted by Gasteiger charge is 2.16. The van der Waals surface area contributed by atoms with Crippen LogP contribution in [0.5, 0.6) is 0 Å². The molecule has 88 valence electrons. The minimum atomic E-state index is -0.0592. The lowest BCUT2D eigenvalue weighted by atomic mass is 9.93. The predicted molar refractivity (Wildman–Crippen MR) is 63.9 cm³/mol. The van der Waals surface area contributed by atoms with Crippen LogP contribution in [0.25, 0.3) is 0 Å². The summed E-state index contributed by atoms with van der Waals surface area (Å²) in [5.74, 6) is 0. The molecular weight excluding hydrogens is 188 g/mol. The molecule has 0 spiro atoms. The first-order chi connectivity index (χ1) is 6.88. The molecule has 4 nitrogen and oxygen atoms in total. The third-order valence-corrected chi connectivity index (χ3v) is 2.05. The fourth-order valence-corrected chi connectivity index (χ4v) is 1.08. The highest BCUT2D eigenvalue weighted by Crippen LogP contribution is 2.24. The van der Waals surface area contributed by atoms with Gasteiger partial charge in [-0.15, -0.1) is 0 Å². The Bertz CT molecular complexity index is 213. The largest absolute Gasteiger partial charge is 0.389 e. The molecule has 0 saturated carbocycles. The number of hydrogen-bond donors (Lipinski definition) is 2. The van der Waals surface area contributed by atoms with Gasteiger partial charge in [0, 0.05) is 18.2 Å². The van der Waals surface area contributed by atoms with Gasteiger partial charge in [0.1, 0.15) is 0 Å². The van der Waals surface area contributed by atoms with E-state index >= 15 is 0 Å². The van der Waals surface area contributed by atoms with Gasteiger partial charge in [0.25, 0.3) is 0 Å². The number of nitrogens with zero attached hydrogens (tertiary/aromatic N) is 2. The van der Waals surface area contributed by atoms with Crippen LogP contribution in [0.2, 0.25) is 0 Å². The van der Waals surface area contributed by atoms with E-state index in [9.17, 15) is 0 Å². The highest BCUT2D eigenvalue weighted by molar-refractivity contribution is 5.06. The molecule has 0 aliphatic rings. The van der Waals surface area contributed by atoms with Crippen LogP contribution >= 0.6 is 0 Å². The maximum Gasteiger partial charge on any atom is 0.0833 e. The summed E-state index contributed by atoms with van der Waals surface area (Å²) in [6, 6.07) is 0. The summed E-state index contributed by atoms with van der Waals surface area (Å²) in [5, 5.41) is 6.73. The minimum absolute atomic E-state index is 0.0592. The van der Waals surface area contributed by atoms with E-state index in [4.69, 9.17) is 5.53 Å². The van der Waals surface area contributed by atoms with Crippen molar-refractivity contribution in [1.29, 1.82) is 5.53 Å².